The minimum Gasteiger partial charge on any atom is -0.350 e. The first kappa shape index (κ1) is 18.1. The van der Waals surface area contributed by atoms with Gasteiger partial charge in [0.05, 0.1) is 4.47 Å². The van der Waals surface area contributed by atoms with Crippen LogP contribution in [0.5, 0.6) is 0 Å². The van der Waals surface area contributed by atoms with E-state index in [0.717, 1.165) is 23.0 Å². The molecule has 136 valence electrons. The van der Waals surface area contributed by atoms with Crippen molar-refractivity contribution in [2.75, 3.05) is 5.32 Å². The molecule has 0 saturated heterocycles. The molecule has 0 unspecified atom stereocenters. The zero-order valence-electron chi connectivity index (χ0n) is 13.8. The maximum Gasteiger partial charge on any atom is 0.328 e. The van der Waals surface area contributed by atoms with Crippen LogP contribution in [0.15, 0.2) is 44.5 Å². The van der Waals surface area contributed by atoms with E-state index >= 15 is 0 Å². The van der Waals surface area contributed by atoms with Crippen LogP contribution in [0.1, 0.15) is 18.4 Å². The first-order chi connectivity index (χ1) is 12.4. The Kier molecular flexibility index (Phi) is 5.36. The molecule has 0 aliphatic heterocycles. The minimum absolute atomic E-state index is 0.0224. The molecule has 2 aromatic rings. The Morgan fingerprint density at radius 1 is 1.27 bits per heavy atom. The van der Waals surface area contributed by atoms with E-state index in [1.165, 1.54) is 6.20 Å². The molecule has 0 spiro atoms. The van der Waals surface area contributed by atoms with Crippen molar-refractivity contribution in [2.24, 2.45) is 5.92 Å². The van der Waals surface area contributed by atoms with Crippen molar-refractivity contribution in [3.63, 3.8) is 0 Å². The summed E-state index contributed by atoms with van der Waals surface area (Å²) in [7, 11) is 0. The number of rotatable bonds is 6. The lowest BCUT2D eigenvalue weighted by Crippen LogP contribution is -2.35. The van der Waals surface area contributed by atoms with Gasteiger partial charge in [0.1, 0.15) is 6.54 Å². The average molecular weight is 421 g/mol. The van der Waals surface area contributed by atoms with Crippen molar-refractivity contribution < 1.29 is 9.59 Å². The third-order valence-electron chi connectivity index (χ3n) is 3.91. The summed E-state index contributed by atoms with van der Waals surface area (Å²) in [5, 5.41) is 5.56. The standard InChI is InChI=1S/C17H17BrN4O4/c18-13-8-22(17(26)21-16(13)25)9-14(23)19-7-10-2-1-3-12(6-10)20-15(24)11-4-5-11/h1-3,6,8,11H,4-5,7,9H2,(H,19,23)(H,20,24)(H,21,25,26). The smallest absolute Gasteiger partial charge is 0.328 e. The lowest BCUT2D eigenvalue weighted by atomic mass is 10.2. The molecule has 0 bridgehead atoms. The molecular formula is C17H17BrN4O4. The van der Waals surface area contributed by atoms with Gasteiger partial charge >= 0.3 is 5.69 Å². The number of aromatic amines is 1. The third-order valence-corrected chi connectivity index (χ3v) is 4.48. The Bertz CT molecular complexity index is 962. The summed E-state index contributed by atoms with van der Waals surface area (Å²) in [5.41, 5.74) is 0.311. The molecule has 1 heterocycles. The molecule has 0 atom stereocenters. The summed E-state index contributed by atoms with van der Waals surface area (Å²) in [6, 6.07) is 7.22. The van der Waals surface area contributed by atoms with Gasteiger partial charge in [-0.25, -0.2) is 4.79 Å². The fraction of sp³-hybridized carbons (Fsp3) is 0.294. The molecule has 3 N–H and O–H groups in total. The number of anilines is 1. The van der Waals surface area contributed by atoms with Crippen LogP contribution in [0.2, 0.25) is 0 Å². The van der Waals surface area contributed by atoms with Crippen molar-refractivity contribution in [2.45, 2.75) is 25.9 Å². The van der Waals surface area contributed by atoms with Gasteiger partial charge in [-0.1, -0.05) is 12.1 Å². The van der Waals surface area contributed by atoms with Gasteiger partial charge in [-0.3, -0.25) is 23.9 Å². The highest BCUT2D eigenvalue weighted by atomic mass is 79.9. The Morgan fingerprint density at radius 3 is 2.77 bits per heavy atom. The highest BCUT2D eigenvalue weighted by molar-refractivity contribution is 9.10. The second-order valence-electron chi connectivity index (χ2n) is 6.10. The zero-order chi connectivity index (χ0) is 18.7. The fourth-order valence-corrected chi connectivity index (χ4v) is 2.71. The molecule has 0 radical (unpaired) electrons. The normalized spacial score (nSPS) is 13.3. The lowest BCUT2D eigenvalue weighted by molar-refractivity contribution is -0.122. The van der Waals surface area contributed by atoms with Crippen LogP contribution in [0.25, 0.3) is 0 Å². The highest BCUT2D eigenvalue weighted by Gasteiger charge is 2.29. The average Bonchev–Trinajstić information content (AvgIpc) is 3.43. The number of nitrogens with one attached hydrogen (secondary N) is 3. The summed E-state index contributed by atoms with van der Waals surface area (Å²) >= 11 is 3.02. The Morgan fingerprint density at radius 2 is 2.04 bits per heavy atom. The van der Waals surface area contributed by atoms with E-state index in [1.807, 2.05) is 6.07 Å². The van der Waals surface area contributed by atoms with Gasteiger partial charge in [-0.05, 0) is 46.5 Å². The molecule has 1 aromatic carbocycles. The maximum atomic E-state index is 12.0. The Balaban J connectivity index is 1.57. The van der Waals surface area contributed by atoms with Gasteiger partial charge in [0, 0.05) is 24.3 Å². The monoisotopic (exact) mass is 420 g/mol. The van der Waals surface area contributed by atoms with Gasteiger partial charge < -0.3 is 10.6 Å². The zero-order valence-corrected chi connectivity index (χ0v) is 15.3. The molecule has 1 saturated carbocycles. The van der Waals surface area contributed by atoms with E-state index in [-0.39, 0.29) is 35.3 Å². The second-order valence-corrected chi connectivity index (χ2v) is 6.96. The summed E-state index contributed by atoms with van der Waals surface area (Å²) in [5.74, 6) is -0.235. The first-order valence-electron chi connectivity index (χ1n) is 8.08. The number of nitrogens with zero attached hydrogens (tertiary/aromatic N) is 1. The van der Waals surface area contributed by atoms with Gasteiger partial charge in [0.25, 0.3) is 5.56 Å². The molecule has 1 fully saturated rings. The van der Waals surface area contributed by atoms with Crippen LogP contribution in [0.4, 0.5) is 5.69 Å². The maximum absolute atomic E-state index is 12.0. The molecule has 9 heteroatoms. The van der Waals surface area contributed by atoms with E-state index in [1.54, 1.807) is 18.2 Å². The number of benzene rings is 1. The third kappa shape index (κ3) is 4.69. The van der Waals surface area contributed by atoms with Gasteiger partial charge in [-0.2, -0.15) is 0 Å². The van der Waals surface area contributed by atoms with Crippen molar-refractivity contribution in [3.8, 4) is 0 Å². The molecule has 3 rings (SSSR count). The largest absolute Gasteiger partial charge is 0.350 e. The topological polar surface area (TPSA) is 113 Å². The van der Waals surface area contributed by atoms with Crippen LogP contribution in [-0.4, -0.2) is 21.4 Å². The lowest BCUT2D eigenvalue weighted by Gasteiger charge is -2.09. The SMILES string of the molecule is O=C(Cn1cc(Br)c(=O)[nH]c1=O)NCc1cccc(NC(=O)C2CC2)c1. The molecule has 8 nitrogen and oxygen atoms in total. The molecule has 1 aromatic heterocycles. The van der Waals surface area contributed by atoms with Crippen molar-refractivity contribution in [3.05, 3.63) is 61.3 Å². The van der Waals surface area contributed by atoms with Crippen molar-refractivity contribution in [1.82, 2.24) is 14.9 Å². The summed E-state index contributed by atoms with van der Waals surface area (Å²) < 4.78 is 1.27. The number of carbonyl (C=O) groups is 2. The summed E-state index contributed by atoms with van der Waals surface area (Å²) in [6.07, 6.45) is 3.14. The van der Waals surface area contributed by atoms with Gasteiger partial charge in [0.2, 0.25) is 11.8 Å². The van der Waals surface area contributed by atoms with Gasteiger partial charge in [0.15, 0.2) is 0 Å². The van der Waals surface area contributed by atoms with Gasteiger partial charge in [-0.15, -0.1) is 0 Å². The molecule has 26 heavy (non-hydrogen) atoms. The minimum atomic E-state index is -0.655. The van der Waals surface area contributed by atoms with Crippen LogP contribution in [0, 0.1) is 5.92 Å². The van der Waals surface area contributed by atoms with Crippen LogP contribution >= 0.6 is 15.9 Å². The predicted molar refractivity (Wildman–Crippen MR) is 98.7 cm³/mol. The molecule has 2 amide bonds. The van der Waals surface area contributed by atoms with E-state index in [2.05, 4.69) is 31.5 Å². The van der Waals surface area contributed by atoms with Crippen LogP contribution in [-0.2, 0) is 22.7 Å². The van der Waals surface area contributed by atoms with E-state index in [9.17, 15) is 19.2 Å². The quantitative estimate of drug-likeness (QED) is 0.645. The predicted octanol–water partition coefficient (Wildman–Crippen LogP) is 0.964. The van der Waals surface area contributed by atoms with Crippen molar-refractivity contribution >= 4 is 33.4 Å². The number of aromatic nitrogens is 2. The highest BCUT2D eigenvalue weighted by Crippen LogP contribution is 2.30. The van der Waals surface area contributed by atoms with E-state index < -0.39 is 11.2 Å². The second kappa shape index (κ2) is 7.69. The number of hydrogen-bond acceptors (Lipinski definition) is 4. The first-order valence-corrected chi connectivity index (χ1v) is 8.87. The number of H-pyrrole nitrogens is 1. The molecular weight excluding hydrogens is 404 g/mol. The number of carbonyl (C=O) groups excluding carboxylic acids is 2. The number of halogens is 1. The Hall–Kier alpha value is -2.68. The summed E-state index contributed by atoms with van der Waals surface area (Å²) in [6.45, 7) is 0.0393. The van der Waals surface area contributed by atoms with Crippen LogP contribution in [0.3, 0.4) is 0 Å². The van der Waals surface area contributed by atoms with E-state index in [4.69, 9.17) is 0 Å². The number of amides is 2. The molecule has 1 aliphatic carbocycles. The van der Waals surface area contributed by atoms with Crippen molar-refractivity contribution in [1.29, 1.82) is 0 Å². The number of hydrogen-bond donors (Lipinski definition) is 3. The molecule has 1 aliphatic rings. The van der Waals surface area contributed by atoms with E-state index in [0.29, 0.717) is 5.69 Å². The Labute approximate surface area is 156 Å². The summed E-state index contributed by atoms with van der Waals surface area (Å²) in [4.78, 5) is 48.9. The fourth-order valence-electron chi connectivity index (χ4n) is 2.36. The van der Waals surface area contributed by atoms with Crippen LogP contribution < -0.4 is 21.9 Å².